The standard InChI is InChI=1S/C13H12F2N2O2S/c1-8-2-5-13(11(15)6-8)17-20(18,19)9-3-4-10(14)12(16)7-9/h2-7,17H,16H2,1H3. The summed E-state index contributed by atoms with van der Waals surface area (Å²) in [4.78, 5) is -0.239. The Hall–Kier alpha value is -2.15. The Kier molecular flexibility index (Phi) is 3.63. The lowest BCUT2D eigenvalue weighted by Gasteiger charge is -2.10. The van der Waals surface area contributed by atoms with Crippen molar-refractivity contribution in [2.75, 3.05) is 10.5 Å². The number of aryl methyl sites for hydroxylation is 1. The van der Waals surface area contributed by atoms with Gasteiger partial charge in [0.2, 0.25) is 0 Å². The highest BCUT2D eigenvalue weighted by molar-refractivity contribution is 7.92. The fourth-order valence-electron chi connectivity index (χ4n) is 1.60. The van der Waals surface area contributed by atoms with Gasteiger partial charge in [-0.2, -0.15) is 0 Å². The normalized spacial score (nSPS) is 11.3. The average molecular weight is 298 g/mol. The molecule has 0 spiro atoms. The maximum Gasteiger partial charge on any atom is 0.262 e. The summed E-state index contributed by atoms with van der Waals surface area (Å²) in [5.41, 5.74) is 5.51. The van der Waals surface area contributed by atoms with Crippen LogP contribution in [-0.4, -0.2) is 8.42 Å². The van der Waals surface area contributed by atoms with Crippen LogP contribution in [0.5, 0.6) is 0 Å². The van der Waals surface area contributed by atoms with Crippen LogP contribution in [0.25, 0.3) is 0 Å². The quantitative estimate of drug-likeness (QED) is 0.856. The molecule has 0 amide bonds. The third kappa shape index (κ3) is 2.88. The zero-order valence-corrected chi connectivity index (χ0v) is 11.3. The molecule has 0 radical (unpaired) electrons. The first-order chi connectivity index (χ1) is 9.29. The molecule has 0 aromatic heterocycles. The molecule has 0 aliphatic rings. The van der Waals surface area contributed by atoms with E-state index in [4.69, 9.17) is 5.73 Å². The molecule has 4 nitrogen and oxygen atoms in total. The summed E-state index contributed by atoms with van der Waals surface area (Å²) in [7, 11) is -4.02. The Labute approximate surface area is 115 Å². The molecule has 3 N–H and O–H groups in total. The second-order valence-electron chi connectivity index (χ2n) is 4.27. The van der Waals surface area contributed by atoms with Gasteiger partial charge in [0.1, 0.15) is 11.6 Å². The average Bonchev–Trinajstić information content (AvgIpc) is 2.36. The number of anilines is 2. The molecule has 0 bridgehead atoms. The third-order valence-corrected chi connectivity index (χ3v) is 4.01. The predicted octanol–water partition coefficient (Wildman–Crippen LogP) is 2.66. The first kappa shape index (κ1) is 14.3. The van der Waals surface area contributed by atoms with Crippen molar-refractivity contribution in [3.63, 3.8) is 0 Å². The van der Waals surface area contributed by atoms with Crippen molar-refractivity contribution in [3.05, 3.63) is 53.6 Å². The number of nitrogen functional groups attached to an aromatic ring is 1. The van der Waals surface area contributed by atoms with Gasteiger partial charge in [-0.25, -0.2) is 17.2 Å². The van der Waals surface area contributed by atoms with Crippen LogP contribution < -0.4 is 10.5 Å². The molecular formula is C13H12F2N2O2S. The summed E-state index contributed by atoms with van der Waals surface area (Å²) >= 11 is 0. The van der Waals surface area contributed by atoms with Crippen LogP contribution in [0.1, 0.15) is 5.56 Å². The van der Waals surface area contributed by atoms with Gasteiger partial charge in [-0.15, -0.1) is 0 Å². The molecule has 0 saturated carbocycles. The van der Waals surface area contributed by atoms with E-state index in [0.29, 0.717) is 5.56 Å². The smallest absolute Gasteiger partial charge is 0.262 e. The zero-order valence-electron chi connectivity index (χ0n) is 10.5. The molecule has 7 heteroatoms. The molecular weight excluding hydrogens is 286 g/mol. The van der Waals surface area contributed by atoms with Crippen LogP contribution in [0.3, 0.4) is 0 Å². The van der Waals surface area contributed by atoms with Gasteiger partial charge in [-0.1, -0.05) is 6.07 Å². The van der Waals surface area contributed by atoms with Gasteiger partial charge < -0.3 is 5.73 Å². The molecule has 0 aliphatic heterocycles. The largest absolute Gasteiger partial charge is 0.396 e. The lowest BCUT2D eigenvalue weighted by Crippen LogP contribution is -2.14. The predicted molar refractivity (Wildman–Crippen MR) is 72.8 cm³/mol. The number of sulfonamides is 1. The highest BCUT2D eigenvalue weighted by atomic mass is 32.2. The van der Waals surface area contributed by atoms with E-state index in [-0.39, 0.29) is 16.3 Å². The van der Waals surface area contributed by atoms with Gasteiger partial charge in [-0.05, 0) is 42.8 Å². The molecule has 2 rings (SSSR count). The number of halogens is 2. The van der Waals surface area contributed by atoms with Crippen LogP contribution in [-0.2, 0) is 10.0 Å². The summed E-state index contributed by atoms with van der Waals surface area (Å²) in [6.45, 7) is 1.68. The molecule has 0 heterocycles. The molecule has 2 aromatic carbocycles. The molecule has 0 fully saturated rings. The second kappa shape index (κ2) is 5.09. The summed E-state index contributed by atoms with van der Waals surface area (Å²) in [6.07, 6.45) is 0. The number of benzene rings is 2. The monoisotopic (exact) mass is 298 g/mol. The molecule has 0 aliphatic carbocycles. The van der Waals surface area contributed by atoms with Crippen LogP contribution in [0, 0.1) is 18.6 Å². The minimum Gasteiger partial charge on any atom is -0.396 e. The summed E-state index contributed by atoms with van der Waals surface area (Å²) in [5.74, 6) is -1.41. The zero-order chi connectivity index (χ0) is 14.9. The van der Waals surface area contributed by atoms with Crippen LogP contribution in [0.2, 0.25) is 0 Å². The van der Waals surface area contributed by atoms with Crippen molar-refractivity contribution in [2.24, 2.45) is 0 Å². The van der Waals surface area contributed by atoms with E-state index >= 15 is 0 Å². The van der Waals surface area contributed by atoms with Gasteiger partial charge >= 0.3 is 0 Å². The summed E-state index contributed by atoms with van der Waals surface area (Å²) < 4.78 is 52.8. The van der Waals surface area contributed by atoms with Crippen molar-refractivity contribution in [1.82, 2.24) is 0 Å². The van der Waals surface area contributed by atoms with E-state index in [2.05, 4.69) is 4.72 Å². The van der Waals surface area contributed by atoms with E-state index in [1.165, 1.54) is 12.1 Å². The highest BCUT2D eigenvalue weighted by Crippen LogP contribution is 2.22. The number of nitrogens with two attached hydrogens (primary N) is 1. The lowest BCUT2D eigenvalue weighted by molar-refractivity contribution is 0.597. The Bertz CT molecular complexity index is 761. The first-order valence-corrected chi connectivity index (χ1v) is 7.12. The van der Waals surface area contributed by atoms with E-state index < -0.39 is 21.7 Å². The Morgan fingerprint density at radius 3 is 2.35 bits per heavy atom. The minimum atomic E-state index is -4.02. The topological polar surface area (TPSA) is 72.2 Å². The summed E-state index contributed by atoms with van der Waals surface area (Å²) in [5, 5.41) is 0. The molecule has 0 saturated heterocycles. The molecule has 0 atom stereocenters. The summed E-state index contributed by atoms with van der Waals surface area (Å²) in [6, 6.07) is 7.06. The van der Waals surface area contributed by atoms with Crippen molar-refractivity contribution >= 4 is 21.4 Å². The number of nitrogens with one attached hydrogen (secondary N) is 1. The third-order valence-electron chi connectivity index (χ3n) is 2.65. The Morgan fingerprint density at radius 1 is 1.05 bits per heavy atom. The van der Waals surface area contributed by atoms with E-state index in [9.17, 15) is 17.2 Å². The number of hydrogen-bond acceptors (Lipinski definition) is 3. The SMILES string of the molecule is Cc1ccc(NS(=O)(=O)c2ccc(F)c(N)c2)c(F)c1. The van der Waals surface area contributed by atoms with Gasteiger partial charge in [0, 0.05) is 0 Å². The van der Waals surface area contributed by atoms with Gasteiger partial charge in [0.25, 0.3) is 10.0 Å². The molecule has 20 heavy (non-hydrogen) atoms. The second-order valence-corrected chi connectivity index (χ2v) is 5.95. The Balaban J connectivity index is 2.38. The van der Waals surface area contributed by atoms with E-state index in [0.717, 1.165) is 18.2 Å². The molecule has 0 unspecified atom stereocenters. The van der Waals surface area contributed by atoms with E-state index in [1.807, 2.05) is 0 Å². The van der Waals surface area contributed by atoms with Gasteiger partial charge in [0.15, 0.2) is 0 Å². The fourth-order valence-corrected chi connectivity index (χ4v) is 2.70. The maximum absolute atomic E-state index is 13.6. The minimum absolute atomic E-state index is 0.182. The number of hydrogen-bond donors (Lipinski definition) is 2. The van der Waals surface area contributed by atoms with E-state index in [1.54, 1.807) is 13.0 Å². The van der Waals surface area contributed by atoms with Crippen molar-refractivity contribution in [2.45, 2.75) is 11.8 Å². The van der Waals surface area contributed by atoms with Crippen molar-refractivity contribution in [1.29, 1.82) is 0 Å². The van der Waals surface area contributed by atoms with Crippen LogP contribution >= 0.6 is 0 Å². The Morgan fingerprint density at radius 2 is 1.75 bits per heavy atom. The lowest BCUT2D eigenvalue weighted by atomic mass is 10.2. The molecule has 2 aromatic rings. The van der Waals surface area contributed by atoms with Gasteiger partial charge in [0.05, 0.1) is 16.3 Å². The highest BCUT2D eigenvalue weighted by Gasteiger charge is 2.17. The van der Waals surface area contributed by atoms with Crippen molar-refractivity contribution in [3.8, 4) is 0 Å². The molecule has 106 valence electrons. The maximum atomic E-state index is 13.6. The van der Waals surface area contributed by atoms with Crippen molar-refractivity contribution < 1.29 is 17.2 Å². The first-order valence-electron chi connectivity index (χ1n) is 5.63. The fraction of sp³-hybridized carbons (Fsp3) is 0.0769. The van der Waals surface area contributed by atoms with Gasteiger partial charge in [-0.3, -0.25) is 4.72 Å². The number of rotatable bonds is 3. The van der Waals surface area contributed by atoms with Crippen LogP contribution in [0.15, 0.2) is 41.3 Å². The van der Waals surface area contributed by atoms with Crippen LogP contribution in [0.4, 0.5) is 20.2 Å².